The zero-order valence-corrected chi connectivity index (χ0v) is 14.0. The van der Waals surface area contributed by atoms with Crippen LogP contribution in [0.2, 0.25) is 5.02 Å². The van der Waals surface area contributed by atoms with Crippen LogP contribution in [-0.2, 0) is 9.84 Å². The molecule has 2 unspecified atom stereocenters. The number of sulfone groups is 1. The van der Waals surface area contributed by atoms with Gasteiger partial charge in [-0.15, -0.1) is 0 Å². The van der Waals surface area contributed by atoms with Gasteiger partial charge in [0, 0.05) is 18.1 Å². The molecular weight excluding hydrogens is 328 g/mol. The smallest absolute Gasteiger partial charge is 0.320 e. The number of benzene rings is 1. The van der Waals surface area contributed by atoms with Crippen molar-refractivity contribution in [3.63, 3.8) is 0 Å². The first kappa shape index (κ1) is 16.9. The van der Waals surface area contributed by atoms with E-state index in [1.165, 1.54) is 4.90 Å². The molecule has 1 saturated heterocycles. The Morgan fingerprint density at radius 1 is 1.41 bits per heavy atom. The van der Waals surface area contributed by atoms with E-state index in [0.717, 1.165) is 0 Å². The van der Waals surface area contributed by atoms with Crippen molar-refractivity contribution in [3.05, 3.63) is 29.3 Å². The van der Waals surface area contributed by atoms with Crippen LogP contribution < -0.4 is 10.1 Å². The molecule has 22 heavy (non-hydrogen) atoms. The highest BCUT2D eigenvalue weighted by Crippen LogP contribution is 2.18. The second-order valence-electron chi connectivity index (χ2n) is 5.33. The highest BCUT2D eigenvalue weighted by molar-refractivity contribution is 7.91. The van der Waals surface area contributed by atoms with E-state index in [2.05, 4.69) is 5.32 Å². The standard InChI is InChI=1S/C14H19ClN2O4S/c1-10(21-13-5-3-11(15)4-6-13)16-14(18)17(2)12-7-8-22(19,20)9-12/h3-6,10,12H,7-9H2,1-2H3,(H,16,18). The lowest BCUT2D eigenvalue weighted by atomic mass is 10.2. The number of hydrogen-bond donors (Lipinski definition) is 1. The second kappa shape index (κ2) is 6.75. The lowest BCUT2D eigenvalue weighted by molar-refractivity contribution is 0.151. The minimum Gasteiger partial charge on any atom is -0.471 e. The average molecular weight is 347 g/mol. The van der Waals surface area contributed by atoms with E-state index < -0.39 is 16.1 Å². The third kappa shape index (κ3) is 4.51. The van der Waals surface area contributed by atoms with Gasteiger partial charge in [0.05, 0.1) is 11.5 Å². The third-order valence-corrected chi connectivity index (χ3v) is 5.53. The summed E-state index contributed by atoms with van der Waals surface area (Å²) in [5.74, 6) is 0.735. The fourth-order valence-electron chi connectivity index (χ4n) is 2.27. The molecule has 1 N–H and O–H groups in total. The van der Waals surface area contributed by atoms with E-state index >= 15 is 0 Å². The van der Waals surface area contributed by atoms with Crippen LogP contribution in [0.4, 0.5) is 4.79 Å². The number of nitrogens with one attached hydrogen (secondary N) is 1. The minimum atomic E-state index is -3.02. The van der Waals surface area contributed by atoms with E-state index in [1.807, 2.05) is 0 Å². The quantitative estimate of drug-likeness (QED) is 0.845. The van der Waals surface area contributed by atoms with Crippen LogP contribution in [0.5, 0.6) is 5.75 Å². The van der Waals surface area contributed by atoms with Gasteiger partial charge in [0.15, 0.2) is 16.1 Å². The maximum atomic E-state index is 12.1. The summed E-state index contributed by atoms with van der Waals surface area (Å²) in [5, 5.41) is 3.29. The number of rotatable bonds is 4. The molecule has 1 aromatic rings. The predicted molar refractivity (Wildman–Crippen MR) is 84.9 cm³/mol. The van der Waals surface area contributed by atoms with Crippen LogP contribution in [-0.4, -0.2) is 50.2 Å². The van der Waals surface area contributed by atoms with Crippen LogP contribution >= 0.6 is 11.6 Å². The van der Waals surface area contributed by atoms with Gasteiger partial charge in [-0.3, -0.25) is 0 Å². The van der Waals surface area contributed by atoms with Gasteiger partial charge in [-0.2, -0.15) is 0 Å². The highest BCUT2D eigenvalue weighted by Gasteiger charge is 2.33. The Kier molecular flexibility index (Phi) is 5.18. The van der Waals surface area contributed by atoms with Crippen molar-refractivity contribution in [2.45, 2.75) is 25.6 Å². The Bertz CT molecular complexity index is 633. The molecule has 1 aliphatic heterocycles. The summed E-state index contributed by atoms with van der Waals surface area (Å²) in [7, 11) is -1.43. The van der Waals surface area contributed by atoms with Crippen LogP contribution in [0.3, 0.4) is 0 Å². The summed E-state index contributed by atoms with van der Waals surface area (Å²) in [6.07, 6.45) is -0.0762. The van der Waals surface area contributed by atoms with Crippen molar-refractivity contribution in [1.82, 2.24) is 10.2 Å². The Morgan fingerprint density at radius 2 is 2.05 bits per heavy atom. The summed E-state index contributed by atoms with van der Waals surface area (Å²) < 4.78 is 28.5. The molecule has 6 nitrogen and oxygen atoms in total. The summed E-state index contributed by atoms with van der Waals surface area (Å²) in [4.78, 5) is 13.5. The number of carbonyl (C=O) groups is 1. The maximum absolute atomic E-state index is 12.1. The molecule has 2 amide bonds. The number of halogens is 1. The van der Waals surface area contributed by atoms with Gasteiger partial charge in [-0.1, -0.05) is 11.6 Å². The zero-order chi connectivity index (χ0) is 16.3. The molecule has 0 bridgehead atoms. The first-order valence-electron chi connectivity index (χ1n) is 6.93. The summed E-state index contributed by atoms with van der Waals surface area (Å²) in [6, 6.07) is 6.16. The Morgan fingerprint density at radius 3 is 2.59 bits per heavy atom. The maximum Gasteiger partial charge on any atom is 0.320 e. The second-order valence-corrected chi connectivity index (χ2v) is 8.00. The van der Waals surface area contributed by atoms with Crippen molar-refractivity contribution in [2.24, 2.45) is 0 Å². The molecule has 8 heteroatoms. The van der Waals surface area contributed by atoms with Gasteiger partial charge < -0.3 is 15.0 Å². The number of nitrogens with zero attached hydrogens (tertiary/aromatic N) is 1. The fourth-order valence-corrected chi connectivity index (χ4v) is 4.17. The Balaban J connectivity index is 1.87. The monoisotopic (exact) mass is 346 g/mol. The average Bonchev–Trinajstić information content (AvgIpc) is 2.80. The van der Waals surface area contributed by atoms with Crippen LogP contribution in [0.15, 0.2) is 24.3 Å². The minimum absolute atomic E-state index is 0.0172. The van der Waals surface area contributed by atoms with Crippen molar-refractivity contribution < 1.29 is 17.9 Å². The lowest BCUT2D eigenvalue weighted by Crippen LogP contribution is -2.48. The van der Waals surface area contributed by atoms with Crippen molar-refractivity contribution >= 4 is 27.5 Å². The fraction of sp³-hybridized carbons (Fsp3) is 0.500. The zero-order valence-electron chi connectivity index (χ0n) is 12.5. The molecule has 1 aliphatic rings. The molecular formula is C14H19ClN2O4S. The molecule has 0 spiro atoms. The summed E-state index contributed by atoms with van der Waals surface area (Å²) in [5.41, 5.74) is 0. The molecule has 0 radical (unpaired) electrons. The SMILES string of the molecule is CC(NC(=O)N(C)C1CCS(=O)(=O)C1)Oc1ccc(Cl)cc1. The normalized spacial score (nSPS) is 21.1. The molecule has 0 aromatic heterocycles. The largest absolute Gasteiger partial charge is 0.471 e. The number of carbonyl (C=O) groups excluding carboxylic acids is 1. The van der Waals surface area contributed by atoms with E-state index in [4.69, 9.17) is 16.3 Å². The van der Waals surface area contributed by atoms with Crippen LogP contribution in [0.1, 0.15) is 13.3 Å². The van der Waals surface area contributed by atoms with E-state index in [0.29, 0.717) is 17.2 Å². The molecule has 122 valence electrons. The first-order valence-corrected chi connectivity index (χ1v) is 9.13. The number of hydrogen-bond acceptors (Lipinski definition) is 4. The number of amides is 2. The molecule has 2 rings (SSSR count). The van der Waals surface area contributed by atoms with E-state index in [-0.39, 0.29) is 23.6 Å². The van der Waals surface area contributed by atoms with Gasteiger partial charge in [-0.05, 0) is 37.6 Å². The molecule has 0 saturated carbocycles. The van der Waals surface area contributed by atoms with Crippen molar-refractivity contribution in [1.29, 1.82) is 0 Å². The van der Waals surface area contributed by atoms with Crippen LogP contribution in [0, 0.1) is 0 Å². The van der Waals surface area contributed by atoms with Gasteiger partial charge in [-0.25, -0.2) is 13.2 Å². The lowest BCUT2D eigenvalue weighted by Gasteiger charge is -2.26. The third-order valence-electron chi connectivity index (χ3n) is 3.53. The summed E-state index contributed by atoms with van der Waals surface area (Å²) in [6.45, 7) is 1.70. The molecule has 0 aliphatic carbocycles. The van der Waals surface area contributed by atoms with Crippen molar-refractivity contribution in [2.75, 3.05) is 18.6 Å². The van der Waals surface area contributed by atoms with Crippen molar-refractivity contribution in [3.8, 4) is 5.75 Å². The number of urea groups is 1. The molecule has 1 fully saturated rings. The Labute approximate surface area is 135 Å². The molecule has 2 atom stereocenters. The van der Waals surface area contributed by atoms with E-state index in [9.17, 15) is 13.2 Å². The topological polar surface area (TPSA) is 75.7 Å². The van der Waals surface area contributed by atoms with Crippen LogP contribution in [0.25, 0.3) is 0 Å². The highest BCUT2D eigenvalue weighted by atomic mass is 35.5. The number of ether oxygens (including phenoxy) is 1. The Hall–Kier alpha value is -1.47. The molecule has 1 heterocycles. The van der Waals surface area contributed by atoms with Gasteiger partial charge in [0.25, 0.3) is 0 Å². The van der Waals surface area contributed by atoms with E-state index in [1.54, 1.807) is 38.2 Å². The first-order chi connectivity index (χ1) is 10.3. The van der Waals surface area contributed by atoms with Gasteiger partial charge in [0.2, 0.25) is 0 Å². The van der Waals surface area contributed by atoms with Gasteiger partial charge in [0.1, 0.15) is 5.75 Å². The predicted octanol–water partition coefficient (Wildman–Crippen LogP) is 1.89. The van der Waals surface area contributed by atoms with Gasteiger partial charge >= 0.3 is 6.03 Å². The molecule has 1 aromatic carbocycles. The summed E-state index contributed by atoms with van der Waals surface area (Å²) >= 11 is 5.79.